The van der Waals surface area contributed by atoms with Crippen LogP contribution in [0.3, 0.4) is 0 Å². The first-order valence-corrected chi connectivity index (χ1v) is 7.55. The molecule has 0 fully saturated rings. The van der Waals surface area contributed by atoms with E-state index in [2.05, 4.69) is 4.98 Å². The average Bonchev–Trinajstić information content (AvgIpc) is 2.87. The topological polar surface area (TPSA) is 63.3 Å². The van der Waals surface area contributed by atoms with Crippen LogP contribution >= 0.6 is 23.1 Å². The normalized spacial score (nSPS) is 13.2. The summed E-state index contributed by atoms with van der Waals surface area (Å²) in [5.41, 5.74) is 2.80. The van der Waals surface area contributed by atoms with E-state index in [0.717, 1.165) is 39.6 Å². The first-order chi connectivity index (χ1) is 8.61. The van der Waals surface area contributed by atoms with Crippen LogP contribution in [0.4, 0.5) is 0 Å². The van der Waals surface area contributed by atoms with Crippen LogP contribution in [-0.2, 0) is 12.8 Å². The van der Waals surface area contributed by atoms with Gasteiger partial charge in [-0.3, -0.25) is 0 Å². The zero-order valence-corrected chi connectivity index (χ0v) is 11.6. The Labute approximate surface area is 112 Å². The number of hydrogen-bond acceptors (Lipinski definition) is 5. The largest absolute Gasteiger partial charge is 0.477 e. The summed E-state index contributed by atoms with van der Waals surface area (Å²) in [4.78, 5) is 16.1. The molecule has 2 aromatic heterocycles. The highest BCUT2D eigenvalue weighted by atomic mass is 32.2. The van der Waals surface area contributed by atoms with Gasteiger partial charge in [0, 0.05) is 12.5 Å². The second kappa shape index (κ2) is 4.13. The van der Waals surface area contributed by atoms with Gasteiger partial charge < -0.3 is 9.52 Å². The molecule has 1 N–H and O–H groups in total. The molecule has 2 aromatic rings. The molecule has 1 aliphatic carbocycles. The average molecular weight is 281 g/mol. The van der Waals surface area contributed by atoms with Crippen LogP contribution < -0.4 is 0 Å². The number of hydrogen-bond donors (Lipinski definition) is 1. The zero-order chi connectivity index (χ0) is 12.9. The first kappa shape index (κ1) is 11.8. The highest BCUT2D eigenvalue weighted by Crippen LogP contribution is 2.46. The van der Waals surface area contributed by atoms with Gasteiger partial charge in [-0.25, -0.2) is 9.78 Å². The number of aryl methyl sites for hydroxylation is 2. The van der Waals surface area contributed by atoms with Gasteiger partial charge in [-0.1, -0.05) is 0 Å². The summed E-state index contributed by atoms with van der Waals surface area (Å²) in [6.45, 7) is 1.82. The number of oxazole rings is 1. The number of aromatic carboxylic acids is 1. The molecule has 0 bridgehead atoms. The van der Waals surface area contributed by atoms with E-state index in [1.54, 1.807) is 11.8 Å². The maximum atomic E-state index is 11.3. The fourth-order valence-electron chi connectivity index (χ4n) is 2.31. The van der Waals surface area contributed by atoms with Crippen molar-refractivity contribution in [2.24, 2.45) is 0 Å². The minimum atomic E-state index is -0.851. The third kappa shape index (κ3) is 1.59. The maximum absolute atomic E-state index is 11.3. The van der Waals surface area contributed by atoms with Crippen molar-refractivity contribution in [1.29, 1.82) is 0 Å². The molecule has 0 amide bonds. The van der Waals surface area contributed by atoms with E-state index in [1.807, 2.05) is 13.2 Å². The Morgan fingerprint density at radius 2 is 2.28 bits per heavy atom. The van der Waals surface area contributed by atoms with Crippen molar-refractivity contribution in [3.05, 3.63) is 22.0 Å². The van der Waals surface area contributed by atoms with E-state index in [9.17, 15) is 9.90 Å². The van der Waals surface area contributed by atoms with Crippen LogP contribution in [0, 0.1) is 6.92 Å². The Balaban J connectivity index is 2.29. The number of carboxylic acids is 1. The highest BCUT2D eigenvalue weighted by Gasteiger charge is 2.31. The summed E-state index contributed by atoms with van der Waals surface area (Å²) >= 11 is 2.89. The van der Waals surface area contributed by atoms with E-state index < -0.39 is 5.97 Å². The summed E-state index contributed by atoms with van der Waals surface area (Å²) in [5, 5.41) is 9.26. The Morgan fingerprint density at radius 3 is 2.94 bits per heavy atom. The molecule has 6 heteroatoms. The van der Waals surface area contributed by atoms with Gasteiger partial charge >= 0.3 is 5.97 Å². The number of thioether (sulfide) groups is 1. The van der Waals surface area contributed by atoms with Crippen molar-refractivity contribution in [3.8, 4) is 11.3 Å². The Hall–Kier alpha value is -1.27. The van der Waals surface area contributed by atoms with E-state index >= 15 is 0 Å². The predicted molar refractivity (Wildman–Crippen MR) is 70.7 cm³/mol. The van der Waals surface area contributed by atoms with Gasteiger partial charge in [-0.2, -0.15) is 0 Å². The number of nitrogens with zero attached hydrogens (tertiary/aromatic N) is 1. The molecule has 3 rings (SSSR count). The van der Waals surface area contributed by atoms with Crippen molar-refractivity contribution in [2.75, 3.05) is 6.26 Å². The van der Waals surface area contributed by atoms with E-state index in [-0.39, 0.29) is 0 Å². The van der Waals surface area contributed by atoms with Gasteiger partial charge in [0.15, 0.2) is 11.7 Å². The molecule has 0 saturated carbocycles. The van der Waals surface area contributed by atoms with Crippen LogP contribution in [0.25, 0.3) is 11.3 Å². The third-order valence-electron chi connectivity index (χ3n) is 3.00. The molecule has 0 unspecified atom stereocenters. The quantitative estimate of drug-likeness (QED) is 0.856. The molecule has 4 nitrogen and oxygen atoms in total. The lowest BCUT2D eigenvalue weighted by Crippen LogP contribution is -2.05. The van der Waals surface area contributed by atoms with Crippen molar-refractivity contribution in [1.82, 2.24) is 4.98 Å². The lowest BCUT2D eigenvalue weighted by atomic mass is 9.95. The summed E-state index contributed by atoms with van der Waals surface area (Å²) in [6, 6.07) is 0. The lowest BCUT2D eigenvalue weighted by molar-refractivity contribution is 0.0701. The summed E-state index contributed by atoms with van der Waals surface area (Å²) in [7, 11) is 0. The summed E-state index contributed by atoms with van der Waals surface area (Å²) in [5.74, 6) is 0.557. The third-order valence-corrected chi connectivity index (χ3v) is 5.34. The zero-order valence-electron chi connectivity index (χ0n) is 9.94. The molecule has 0 spiro atoms. The Kier molecular flexibility index (Phi) is 2.71. The second-order valence-electron chi connectivity index (χ2n) is 4.09. The summed E-state index contributed by atoms with van der Waals surface area (Å²) in [6.07, 6.45) is 3.44. The molecule has 0 atom stereocenters. The van der Waals surface area contributed by atoms with Gasteiger partial charge in [-0.15, -0.1) is 23.1 Å². The fraction of sp³-hybridized carbons (Fsp3) is 0.333. The van der Waals surface area contributed by atoms with E-state index in [0.29, 0.717) is 10.8 Å². The van der Waals surface area contributed by atoms with Crippen LogP contribution in [0.1, 0.15) is 26.8 Å². The monoisotopic (exact) mass is 281 g/mol. The second-order valence-corrected chi connectivity index (χ2v) is 6.19. The molecular weight excluding hydrogens is 270 g/mol. The van der Waals surface area contributed by atoms with Gasteiger partial charge in [0.1, 0.15) is 4.88 Å². The molecule has 0 radical (unpaired) electrons. The number of carbonyl (C=O) groups is 1. The molecule has 0 saturated heterocycles. The number of aromatic nitrogens is 1. The Morgan fingerprint density at radius 1 is 1.50 bits per heavy atom. The SMILES string of the molecule is CSc1sc(C(=O)O)c2c1-c1oc(C)nc1CC2. The van der Waals surface area contributed by atoms with E-state index in [1.165, 1.54) is 11.3 Å². The molecular formula is C12H11NO3S2. The van der Waals surface area contributed by atoms with Crippen molar-refractivity contribution in [3.63, 3.8) is 0 Å². The van der Waals surface area contributed by atoms with Crippen LogP contribution in [0.5, 0.6) is 0 Å². The molecule has 18 heavy (non-hydrogen) atoms. The number of rotatable bonds is 2. The smallest absolute Gasteiger partial charge is 0.346 e. The van der Waals surface area contributed by atoms with Crippen LogP contribution in [0.15, 0.2) is 8.63 Å². The van der Waals surface area contributed by atoms with Crippen LogP contribution in [0.2, 0.25) is 0 Å². The maximum Gasteiger partial charge on any atom is 0.346 e. The van der Waals surface area contributed by atoms with Gasteiger partial charge in [-0.05, 0) is 24.7 Å². The lowest BCUT2D eigenvalue weighted by Gasteiger charge is -2.11. The summed E-state index contributed by atoms with van der Waals surface area (Å²) < 4.78 is 6.66. The van der Waals surface area contributed by atoms with Crippen molar-refractivity contribution < 1.29 is 14.3 Å². The molecule has 94 valence electrons. The van der Waals surface area contributed by atoms with Crippen molar-refractivity contribution >= 4 is 29.1 Å². The molecule has 1 aliphatic rings. The van der Waals surface area contributed by atoms with E-state index in [4.69, 9.17) is 4.42 Å². The van der Waals surface area contributed by atoms with Crippen LogP contribution in [-0.4, -0.2) is 22.3 Å². The van der Waals surface area contributed by atoms with Crippen molar-refractivity contribution in [2.45, 2.75) is 24.0 Å². The molecule has 0 aromatic carbocycles. The predicted octanol–water partition coefficient (Wildman–Crippen LogP) is 3.23. The van der Waals surface area contributed by atoms with Gasteiger partial charge in [0.2, 0.25) is 0 Å². The molecule has 0 aliphatic heterocycles. The highest BCUT2D eigenvalue weighted by molar-refractivity contribution is 8.00. The van der Waals surface area contributed by atoms with Gasteiger partial charge in [0.25, 0.3) is 0 Å². The number of thiophene rings is 1. The minimum absolute atomic E-state index is 0.439. The fourth-order valence-corrected chi connectivity index (χ4v) is 4.23. The number of carboxylic acid groups (broad SMARTS) is 1. The number of fused-ring (bicyclic) bond motifs is 3. The Bertz CT molecular complexity index is 642. The first-order valence-electron chi connectivity index (χ1n) is 5.51. The standard InChI is InChI=1S/C12H11NO3S2/c1-5-13-7-4-3-6-8(9(7)16-5)12(17-2)18-10(6)11(14)15/h3-4H2,1-2H3,(H,14,15). The minimum Gasteiger partial charge on any atom is -0.477 e. The molecule has 2 heterocycles. The van der Waals surface area contributed by atoms with Gasteiger partial charge in [0.05, 0.1) is 9.90 Å².